The van der Waals surface area contributed by atoms with E-state index < -0.39 is 5.91 Å². The van der Waals surface area contributed by atoms with Crippen molar-refractivity contribution >= 4 is 34.0 Å². The number of fused-ring (bicyclic) bond motifs is 1. The molecule has 0 aliphatic rings. The summed E-state index contributed by atoms with van der Waals surface area (Å²) < 4.78 is 0. The van der Waals surface area contributed by atoms with E-state index in [0.717, 1.165) is 21.2 Å². The number of aromatic nitrogens is 3. The smallest absolute Gasteiger partial charge is 0.249 e. The first-order chi connectivity index (χ1) is 13.7. The van der Waals surface area contributed by atoms with Crippen LogP contribution in [0.15, 0.2) is 53.9 Å². The predicted molar refractivity (Wildman–Crippen MR) is 112 cm³/mol. The summed E-state index contributed by atoms with van der Waals surface area (Å²) in [7, 11) is 0. The van der Waals surface area contributed by atoms with Gasteiger partial charge in [0.15, 0.2) is 5.82 Å². The Bertz CT molecular complexity index is 1140. The van der Waals surface area contributed by atoms with E-state index in [1.54, 1.807) is 6.07 Å². The van der Waals surface area contributed by atoms with Crippen molar-refractivity contribution in [3.05, 3.63) is 70.9 Å². The van der Waals surface area contributed by atoms with Crippen LogP contribution < -0.4 is 11.1 Å². The summed E-state index contributed by atoms with van der Waals surface area (Å²) in [6.45, 7) is 2.64. The molecule has 28 heavy (non-hydrogen) atoms. The molecule has 0 bridgehead atoms. The second-order valence-electron chi connectivity index (χ2n) is 6.29. The van der Waals surface area contributed by atoms with Crippen LogP contribution in [0, 0.1) is 0 Å². The molecule has 4 aromatic rings. The number of carbonyl (C=O) groups excluding carboxylic acids is 1. The molecule has 2 heterocycles. The van der Waals surface area contributed by atoms with Crippen LogP contribution in [-0.2, 0) is 13.0 Å². The molecule has 2 aromatic carbocycles. The summed E-state index contributed by atoms with van der Waals surface area (Å²) in [5, 5.41) is 6.96. The van der Waals surface area contributed by atoms with Gasteiger partial charge in [-0.3, -0.25) is 4.79 Å². The molecule has 0 aliphatic heterocycles. The maximum absolute atomic E-state index is 11.7. The first kappa shape index (κ1) is 18.1. The van der Waals surface area contributed by atoms with Crippen molar-refractivity contribution in [1.29, 1.82) is 0 Å². The molecule has 1 amide bonds. The summed E-state index contributed by atoms with van der Waals surface area (Å²) in [4.78, 5) is 26.3. The fourth-order valence-corrected chi connectivity index (χ4v) is 3.99. The van der Waals surface area contributed by atoms with Crippen LogP contribution >= 0.6 is 11.3 Å². The molecule has 0 aliphatic carbocycles. The molecule has 0 saturated heterocycles. The van der Waals surface area contributed by atoms with Gasteiger partial charge in [0.1, 0.15) is 5.82 Å². The molecule has 140 valence electrons. The molecule has 3 N–H and O–H groups in total. The number of carbonyl (C=O) groups is 1. The Morgan fingerprint density at radius 2 is 1.86 bits per heavy atom. The number of nitrogens with one attached hydrogen (secondary N) is 1. The van der Waals surface area contributed by atoms with Crippen molar-refractivity contribution in [1.82, 2.24) is 15.0 Å². The van der Waals surface area contributed by atoms with Gasteiger partial charge in [-0.05, 0) is 11.6 Å². The van der Waals surface area contributed by atoms with Crippen molar-refractivity contribution in [2.45, 2.75) is 19.9 Å². The average Bonchev–Trinajstić information content (AvgIpc) is 3.17. The van der Waals surface area contributed by atoms with Crippen molar-refractivity contribution < 1.29 is 4.79 Å². The fraction of sp³-hybridized carbons (Fsp3) is 0.143. The van der Waals surface area contributed by atoms with Crippen molar-refractivity contribution in [3.8, 4) is 10.7 Å². The van der Waals surface area contributed by atoms with Crippen LogP contribution in [0.25, 0.3) is 21.5 Å². The summed E-state index contributed by atoms with van der Waals surface area (Å²) in [5.41, 5.74) is 7.16. The van der Waals surface area contributed by atoms with Gasteiger partial charge in [0, 0.05) is 34.7 Å². The molecule has 4 rings (SSSR count). The number of benzene rings is 2. The highest BCUT2D eigenvalue weighted by atomic mass is 32.1. The van der Waals surface area contributed by atoms with Crippen molar-refractivity contribution in [3.63, 3.8) is 0 Å². The molecule has 7 heteroatoms. The third kappa shape index (κ3) is 3.57. The van der Waals surface area contributed by atoms with E-state index in [1.165, 1.54) is 11.3 Å². The maximum Gasteiger partial charge on any atom is 0.249 e. The minimum absolute atomic E-state index is 0.440. The molecular formula is C21H19N5OS. The molecule has 0 spiro atoms. The third-order valence-corrected chi connectivity index (χ3v) is 5.40. The van der Waals surface area contributed by atoms with Gasteiger partial charge in [0.2, 0.25) is 11.9 Å². The Morgan fingerprint density at radius 3 is 2.61 bits per heavy atom. The van der Waals surface area contributed by atoms with E-state index in [-0.39, 0.29) is 0 Å². The van der Waals surface area contributed by atoms with Gasteiger partial charge >= 0.3 is 0 Å². The van der Waals surface area contributed by atoms with Crippen LogP contribution in [0.4, 0.5) is 5.95 Å². The van der Waals surface area contributed by atoms with E-state index in [1.807, 2.05) is 54.8 Å². The Morgan fingerprint density at radius 1 is 1.04 bits per heavy atom. The number of hydrogen-bond acceptors (Lipinski definition) is 6. The van der Waals surface area contributed by atoms with E-state index in [0.29, 0.717) is 36.1 Å². The molecular weight excluding hydrogens is 370 g/mol. The molecule has 0 saturated carbocycles. The largest absolute Gasteiger partial charge is 0.366 e. The van der Waals surface area contributed by atoms with Gasteiger partial charge in [-0.25, -0.2) is 4.98 Å². The van der Waals surface area contributed by atoms with Gasteiger partial charge in [0.25, 0.3) is 0 Å². The van der Waals surface area contributed by atoms with Crippen molar-refractivity contribution in [2.24, 2.45) is 5.73 Å². The number of nitrogens with zero attached hydrogens (tertiary/aromatic N) is 3. The first-order valence-electron chi connectivity index (χ1n) is 8.99. The third-order valence-electron chi connectivity index (χ3n) is 4.41. The Kier molecular flexibility index (Phi) is 4.99. The number of aryl methyl sites for hydroxylation is 1. The molecule has 0 fully saturated rings. The zero-order chi connectivity index (χ0) is 19.5. The number of anilines is 1. The SMILES string of the molecule is CCc1nc(NCc2ccccc2)nc(-c2scc3c(C(N)=O)cccc23)n1. The lowest BCUT2D eigenvalue weighted by Gasteiger charge is -2.08. The Labute approximate surface area is 166 Å². The molecule has 2 aromatic heterocycles. The lowest BCUT2D eigenvalue weighted by molar-refractivity contribution is 0.100. The van der Waals surface area contributed by atoms with Crippen molar-refractivity contribution in [2.75, 3.05) is 5.32 Å². The lowest BCUT2D eigenvalue weighted by Crippen LogP contribution is -2.10. The zero-order valence-corrected chi connectivity index (χ0v) is 16.2. The van der Waals surface area contributed by atoms with E-state index in [9.17, 15) is 4.79 Å². The predicted octanol–water partition coefficient (Wildman–Crippen LogP) is 4.03. The lowest BCUT2D eigenvalue weighted by atomic mass is 10.1. The summed E-state index contributed by atoms with van der Waals surface area (Å²) >= 11 is 1.50. The second kappa shape index (κ2) is 7.74. The Balaban J connectivity index is 1.73. The maximum atomic E-state index is 11.7. The highest BCUT2D eigenvalue weighted by Crippen LogP contribution is 2.35. The van der Waals surface area contributed by atoms with E-state index in [2.05, 4.69) is 20.3 Å². The van der Waals surface area contributed by atoms with Gasteiger partial charge in [-0.15, -0.1) is 11.3 Å². The van der Waals surface area contributed by atoms with Gasteiger partial charge in [0.05, 0.1) is 4.88 Å². The van der Waals surface area contributed by atoms with Crippen LogP contribution in [0.2, 0.25) is 0 Å². The number of primary amides is 1. The van der Waals surface area contributed by atoms with Gasteiger partial charge in [-0.1, -0.05) is 49.4 Å². The topological polar surface area (TPSA) is 93.8 Å². The number of amides is 1. The normalized spacial score (nSPS) is 10.9. The summed E-state index contributed by atoms with van der Waals surface area (Å²) in [6.07, 6.45) is 0.700. The van der Waals surface area contributed by atoms with Crippen LogP contribution in [0.1, 0.15) is 28.7 Å². The van der Waals surface area contributed by atoms with Crippen LogP contribution in [0.3, 0.4) is 0 Å². The van der Waals surface area contributed by atoms with Gasteiger partial charge < -0.3 is 11.1 Å². The first-order valence-corrected chi connectivity index (χ1v) is 9.87. The molecule has 0 radical (unpaired) electrons. The molecule has 6 nitrogen and oxygen atoms in total. The highest BCUT2D eigenvalue weighted by Gasteiger charge is 2.16. The van der Waals surface area contributed by atoms with Gasteiger partial charge in [-0.2, -0.15) is 9.97 Å². The number of nitrogens with two attached hydrogens (primary N) is 1. The summed E-state index contributed by atoms with van der Waals surface area (Å²) in [5.74, 6) is 1.42. The van der Waals surface area contributed by atoms with E-state index in [4.69, 9.17) is 5.73 Å². The highest BCUT2D eigenvalue weighted by molar-refractivity contribution is 7.15. The van der Waals surface area contributed by atoms with Crippen LogP contribution in [-0.4, -0.2) is 20.9 Å². The quantitative estimate of drug-likeness (QED) is 0.519. The number of rotatable bonds is 6. The second-order valence-corrected chi connectivity index (χ2v) is 7.17. The standard InChI is InChI=1S/C21H19N5OS/c1-2-17-24-20(26-21(25-17)23-11-13-7-4-3-5-8-13)18-14-9-6-10-15(19(22)27)16(14)12-28-18/h3-10,12H,2,11H2,1H3,(H2,22,27)(H,23,24,25,26). The average molecular weight is 389 g/mol. The molecule has 0 unspecified atom stereocenters. The molecule has 0 atom stereocenters. The van der Waals surface area contributed by atoms with Crippen LogP contribution in [0.5, 0.6) is 0 Å². The minimum Gasteiger partial charge on any atom is -0.366 e. The fourth-order valence-electron chi connectivity index (χ4n) is 3.00. The number of hydrogen-bond donors (Lipinski definition) is 2. The zero-order valence-electron chi connectivity index (χ0n) is 15.3. The van der Waals surface area contributed by atoms with E-state index >= 15 is 0 Å². The minimum atomic E-state index is -0.440. The summed E-state index contributed by atoms with van der Waals surface area (Å²) in [6, 6.07) is 15.6. The monoisotopic (exact) mass is 389 g/mol. The number of thiophene rings is 1. The Hall–Kier alpha value is -3.32.